The molecule has 2 heterocycles. The van der Waals surface area contributed by atoms with Gasteiger partial charge in [0.2, 0.25) is 0 Å². The van der Waals surface area contributed by atoms with E-state index >= 15 is 4.39 Å². The Balaban J connectivity index is 1.84. The number of rotatable bonds is 1. The summed E-state index contributed by atoms with van der Waals surface area (Å²) in [5.41, 5.74) is 0.986. The van der Waals surface area contributed by atoms with Crippen molar-refractivity contribution in [3.8, 4) is 5.75 Å². The van der Waals surface area contributed by atoms with E-state index in [4.69, 9.17) is 4.74 Å². The highest BCUT2D eigenvalue weighted by molar-refractivity contribution is 6.04. The first-order valence-corrected chi connectivity index (χ1v) is 7.23. The van der Waals surface area contributed by atoms with Gasteiger partial charge in [-0.15, -0.1) is 0 Å². The zero-order chi connectivity index (χ0) is 15.9. The highest BCUT2D eigenvalue weighted by Crippen LogP contribution is 2.40. The number of hydrogen-bond acceptors (Lipinski definition) is 4. The number of halogens is 1. The summed E-state index contributed by atoms with van der Waals surface area (Å²) in [5.74, 6) is -1.83. The summed E-state index contributed by atoms with van der Waals surface area (Å²) in [6.07, 6.45) is 1.41. The predicted octanol–water partition coefficient (Wildman–Crippen LogP) is 4.02. The van der Waals surface area contributed by atoms with Crippen molar-refractivity contribution in [1.29, 1.82) is 0 Å². The lowest BCUT2D eigenvalue weighted by Crippen LogP contribution is -2.36. The fraction of sp³-hybridized carbons (Fsp3) is 0.111. The first-order chi connectivity index (χ1) is 11.2. The molecule has 0 saturated heterocycles. The van der Waals surface area contributed by atoms with Crippen LogP contribution in [0, 0.1) is 0 Å². The van der Waals surface area contributed by atoms with Gasteiger partial charge in [0.05, 0.1) is 12.1 Å². The van der Waals surface area contributed by atoms with Crippen LogP contribution in [0.5, 0.6) is 5.75 Å². The van der Waals surface area contributed by atoms with E-state index in [0.29, 0.717) is 11.3 Å². The maximum Gasteiger partial charge on any atom is 0.296 e. The van der Waals surface area contributed by atoms with Crippen LogP contribution >= 0.6 is 0 Å². The lowest BCUT2D eigenvalue weighted by Gasteiger charge is -2.31. The van der Waals surface area contributed by atoms with Gasteiger partial charge in [0.15, 0.2) is 0 Å². The average Bonchev–Trinajstić information content (AvgIpc) is 2.60. The third-order valence-corrected chi connectivity index (χ3v) is 4.00. The Bertz CT molecular complexity index is 926. The van der Waals surface area contributed by atoms with E-state index in [0.717, 1.165) is 10.8 Å². The highest BCUT2D eigenvalue weighted by atomic mass is 19.2. The quantitative estimate of drug-likeness (QED) is 0.546. The fourth-order valence-corrected chi connectivity index (χ4v) is 2.83. The first-order valence-electron chi connectivity index (χ1n) is 7.23. The van der Waals surface area contributed by atoms with Gasteiger partial charge in [0.1, 0.15) is 11.4 Å². The maximum atomic E-state index is 15.5. The Morgan fingerprint density at radius 3 is 2.65 bits per heavy atom. The molecule has 1 unspecified atom stereocenters. The van der Waals surface area contributed by atoms with Crippen molar-refractivity contribution < 1.29 is 14.3 Å². The summed E-state index contributed by atoms with van der Waals surface area (Å²) in [5, 5.41) is 14.3. The van der Waals surface area contributed by atoms with Crippen LogP contribution < -0.4 is 4.74 Å². The molecule has 0 amide bonds. The monoisotopic (exact) mass is 308 g/mol. The molecule has 1 atom stereocenters. The minimum Gasteiger partial charge on any atom is -0.451 e. The third kappa shape index (κ3) is 2.21. The molecule has 0 saturated carbocycles. The topological polar surface area (TPSA) is 54.7 Å². The normalized spacial score (nSPS) is 21.9. The van der Waals surface area contributed by atoms with Crippen LogP contribution in [0.2, 0.25) is 0 Å². The molecule has 4 rings (SSSR count). The molecule has 114 valence electrons. The van der Waals surface area contributed by atoms with Gasteiger partial charge in [-0.1, -0.05) is 41.6 Å². The Hall–Kier alpha value is -2.95. The highest BCUT2D eigenvalue weighted by Gasteiger charge is 2.43. The summed E-state index contributed by atoms with van der Waals surface area (Å²) in [6.45, 7) is 0. The number of ether oxygens (including phenoxy) is 1. The summed E-state index contributed by atoms with van der Waals surface area (Å²) in [6, 6.07) is 16.2. The minimum atomic E-state index is -2.17. The summed E-state index contributed by atoms with van der Waals surface area (Å²) in [4.78, 5) is 4.21. The molecule has 0 bridgehead atoms. The molecule has 0 spiro atoms. The second-order valence-corrected chi connectivity index (χ2v) is 5.47. The summed E-state index contributed by atoms with van der Waals surface area (Å²) < 4.78 is 21.0. The first kappa shape index (κ1) is 13.7. The molecule has 3 aromatic rings. The van der Waals surface area contributed by atoms with E-state index in [1.807, 2.05) is 24.3 Å². The Kier molecular flexibility index (Phi) is 3.01. The summed E-state index contributed by atoms with van der Waals surface area (Å²) >= 11 is 0. The maximum absolute atomic E-state index is 15.5. The van der Waals surface area contributed by atoms with Crippen molar-refractivity contribution in [3.05, 3.63) is 72.1 Å². The van der Waals surface area contributed by atoms with Crippen LogP contribution in [0.25, 0.3) is 10.8 Å². The van der Waals surface area contributed by atoms with E-state index < -0.39 is 5.85 Å². The standard InChI is InChI=1S/C18H13FN2O2/c19-18(17-9-12-5-1-2-6-13(12)11-20-17)10-15(21-22)14-7-3-4-8-16(14)23-18/h1-9,11,22H,10H2/b21-15-. The van der Waals surface area contributed by atoms with E-state index in [-0.39, 0.29) is 17.8 Å². The van der Waals surface area contributed by atoms with Crippen molar-refractivity contribution >= 4 is 16.5 Å². The number of hydrogen-bond donors (Lipinski definition) is 1. The van der Waals surface area contributed by atoms with Crippen molar-refractivity contribution in [2.75, 3.05) is 0 Å². The molecule has 1 N–H and O–H groups in total. The zero-order valence-corrected chi connectivity index (χ0v) is 12.1. The van der Waals surface area contributed by atoms with Gasteiger partial charge in [0.25, 0.3) is 5.85 Å². The van der Waals surface area contributed by atoms with Crippen molar-refractivity contribution in [2.45, 2.75) is 12.3 Å². The molecule has 4 nitrogen and oxygen atoms in total. The van der Waals surface area contributed by atoms with Crippen molar-refractivity contribution in [2.24, 2.45) is 5.16 Å². The Morgan fingerprint density at radius 2 is 1.83 bits per heavy atom. The van der Waals surface area contributed by atoms with Gasteiger partial charge in [0, 0.05) is 17.1 Å². The number of fused-ring (bicyclic) bond motifs is 2. The minimum absolute atomic E-state index is 0.159. The molecular formula is C18H13FN2O2. The molecule has 1 aromatic heterocycles. The van der Waals surface area contributed by atoms with Gasteiger partial charge in [-0.3, -0.25) is 4.98 Å². The second-order valence-electron chi connectivity index (χ2n) is 5.47. The molecule has 0 radical (unpaired) electrons. The fourth-order valence-electron chi connectivity index (χ4n) is 2.83. The van der Waals surface area contributed by atoms with Crippen LogP contribution in [0.1, 0.15) is 17.7 Å². The predicted molar refractivity (Wildman–Crippen MR) is 84.5 cm³/mol. The van der Waals surface area contributed by atoms with Crippen LogP contribution in [0.3, 0.4) is 0 Å². The van der Waals surface area contributed by atoms with Crippen LogP contribution in [-0.4, -0.2) is 15.9 Å². The van der Waals surface area contributed by atoms with E-state index in [2.05, 4.69) is 10.1 Å². The molecule has 1 aliphatic heterocycles. The molecule has 0 fully saturated rings. The third-order valence-electron chi connectivity index (χ3n) is 4.00. The number of oxime groups is 1. The largest absolute Gasteiger partial charge is 0.451 e. The molecule has 23 heavy (non-hydrogen) atoms. The average molecular weight is 308 g/mol. The molecule has 0 aliphatic carbocycles. The zero-order valence-electron chi connectivity index (χ0n) is 12.1. The summed E-state index contributed by atoms with van der Waals surface area (Å²) in [7, 11) is 0. The number of para-hydroxylation sites is 1. The Labute approximate surface area is 131 Å². The molecule has 5 heteroatoms. The van der Waals surface area contributed by atoms with Crippen LogP contribution in [0.4, 0.5) is 4.39 Å². The number of benzene rings is 2. The SMILES string of the molecule is O/N=C1/CC(F)(c2cc3ccccc3cn2)Oc2ccccc21. The van der Waals surface area contributed by atoms with E-state index in [1.165, 1.54) is 0 Å². The number of aromatic nitrogens is 1. The van der Waals surface area contributed by atoms with Gasteiger partial charge in [-0.2, -0.15) is 4.39 Å². The second kappa shape index (κ2) is 5.05. The molecule has 1 aliphatic rings. The van der Waals surface area contributed by atoms with Gasteiger partial charge >= 0.3 is 0 Å². The Morgan fingerprint density at radius 1 is 1.09 bits per heavy atom. The van der Waals surface area contributed by atoms with Crippen molar-refractivity contribution in [1.82, 2.24) is 4.98 Å². The molecular weight excluding hydrogens is 295 g/mol. The number of alkyl halides is 1. The lowest BCUT2D eigenvalue weighted by atomic mass is 9.95. The molecule has 2 aromatic carbocycles. The van der Waals surface area contributed by atoms with E-state index in [9.17, 15) is 5.21 Å². The number of pyridine rings is 1. The van der Waals surface area contributed by atoms with Gasteiger partial charge in [-0.25, -0.2) is 0 Å². The van der Waals surface area contributed by atoms with Gasteiger partial charge < -0.3 is 9.94 Å². The lowest BCUT2D eigenvalue weighted by molar-refractivity contribution is -0.0704. The van der Waals surface area contributed by atoms with Crippen LogP contribution in [0.15, 0.2) is 65.9 Å². The van der Waals surface area contributed by atoms with Gasteiger partial charge in [-0.05, 0) is 23.6 Å². The van der Waals surface area contributed by atoms with Crippen molar-refractivity contribution in [3.63, 3.8) is 0 Å². The number of nitrogens with zero attached hydrogens (tertiary/aromatic N) is 2. The smallest absolute Gasteiger partial charge is 0.296 e. The van der Waals surface area contributed by atoms with E-state index in [1.54, 1.807) is 36.5 Å². The van der Waals surface area contributed by atoms with Crippen LogP contribution in [-0.2, 0) is 5.85 Å².